The molecule has 0 spiro atoms. The van der Waals surface area contributed by atoms with Gasteiger partial charge in [-0.1, -0.05) is 6.92 Å². The SMILES string of the molecule is CCP(=O)(OC)ON(C(C)O)C(C)O. The van der Waals surface area contributed by atoms with Crippen LogP contribution in [0, 0.1) is 0 Å². The largest absolute Gasteiger partial charge is 0.376 e. The second kappa shape index (κ2) is 5.80. The van der Waals surface area contributed by atoms with Gasteiger partial charge in [0.15, 0.2) is 0 Å². The summed E-state index contributed by atoms with van der Waals surface area (Å²) in [6, 6.07) is 0. The molecule has 0 aliphatic heterocycles. The molecule has 3 atom stereocenters. The van der Waals surface area contributed by atoms with Gasteiger partial charge in [0.25, 0.3) is 0 Å². The maximum atomic E-state index is 11.7. The molecule has 2 N–H and O–H groups in total. The molecule has 0 aliphatic carbocycles. The van der Waals surface area contributed by atoms with Crippen molar-refractivity contribution in [3.63, 3.8) is 0 Å². The van der Waals surface area contributed by atoms with Crippen molar-refractivity contribution in [1.29, 1.82) is 0 Å². The smallest absolute Gasteiger partial charge is 0.346 e. The number of hydrogen-bond donors (Lipinski definition) is 2. The molecule has 86 valence electrons. The van der Waals surface area contributed by atoms with Crippen LogP contribution in [0.1, 0.15) is 20.8 Å². The first-order valence-electron chi connectivity index (χ1n) is 4.35. The van der Waals surface area contributed by atoms with E-state index in [9.17, 15) is 14.8 Å². The summed E-state index contributed by atoms with van der Waals surface area (Å²) in [7, 11) is -1.98. The van der Waals surface area contributed by atoms with Gasteiger partial charge in [0.05, 0.1) is 0 Å². The number of aliphatic hydroxyl groups is 2. The molecule has 0 aromatic carbocycles. The fraction of sp³-hybridized carbons (Fsp3) is 1.00. The molecule has 0 rings (SSSR count). The van der Waals surface area contributed by atoms with Crippen molar-refractivity contribution in [3.05, 3.63) is 0 Å². The van der Waals surface area contributed by atoms with Gasteiger partial charge in [0, 0.05) is 13.3 Å². The molecule has 0 bridgehead atoms. The van der Waals surface area contributed by atoms with E-state index in [0.717, 1.165) is 5.06 Å². The molecule has 0 amide bonds. The lowest BCUT2D eigenvalue weighted by atomic mass is 10.5. The first kappa shape index (κ1) is 14.0. The molecule has 14 heavy (non-hydrogen) atoms. The third-order valence-corrected chi connectivity index (χ3v) is 3.39. The third kappa shape index (κ3) is 4.04. The predicted molar refractivity (Wildman–Crippen MR) is 51.4 cm³/mol. The molecule has 0 saturated heterocycles. The highest BCUT2D eigenvalue weighted by molar-refractivity contribution is 7.53. The highest BCUT2D eigenvalue weighted by atomic mass is 31.2. The van der Waals surface area contributed by atoms with E-state index in [1.54, 1.807) is 6.92 Å². The summed E-state index contributed by atoms with van der Waals surface area (Å²) in [5.41, 5.74) is 0. The number of aliphatic hydroxyl groups excluding tert-OH is 2. The lowest BCUT2D eigenvalue weighted by Gasteiger charge is -2.29. The van der Waals surface area contributed by atoms with Crippen molar-refractivity contribution < 1.29 is 23.9 Å². The molecular weight excluding hydrogens is 209 g/mol. The summed E-state index contributed by atoms with van der Waals surface area (Å²) in [5.74, 6) is 0. The van der Waals surface area contributed by atoms with Gasteiger partial charge in [-0.15, -0.1) is 5.06 Å². The molecule has 0 aliphatic rings. The van der Waals surface area contributed by atoms with Crippen molar-refractivity contribution in [2.24, 2.45) is 0 Å². The van der Waals surface area contributed by atoms with Gasteiger partial charge in [-0.2, -0.15) is 0 Å². The van der Waals surface area contributed by atoms with E-state index >= 15 is 0 Å². The second-order valence-corrected chi connectivity index (χ2v) is 5.20. The fourth-order valence-electron chi connectivity index (χ4n) is 0.812. The molecule has 0 aromatic heterocycles. The minimum absolute atomic E-state index is 0.166. The maximum Gasteiger partial charge on any atom is 0.346 e. The Hall–Kier alpha value is 0.0300. The number of nitrogens with zero attached hydrogens (tertiary/aromatic N) is 1. The van der Waals surface area contributed by atoms with Crippen molar-refractivity contribution >= 4 is 7.60 Å². The monoisotopic (exact) mass is 227 g/mol. The second-order valence-electron chi connectivity index (χ2n) is 2.81. The Morgan fingerprint density at radius 1 is 1.36 bits per heavy atom. The Balaban J connectivity index is 4.50. The van der Waals surface area contributed by atoms with Gasteiger partial charge >= 0.3 is 7.60 Å². The van der Waals surface area contributed by atoms with Gasteiger partial charge < -0.3 is 14.7 Å². The normalized spacial score (nSPS) is 20.5. The molecule has 0 saturated carbocycles. The van der Waals surface area contributed by atoms with E-state index in [-0.39, 0.29) is 6.16 Å². The quantitative estimate of drug-likeness (QED) is 0.396. The van der Waals surface area contributed by atoms with Crippen molar-refractivity contribution in [2.45, 2.75) is 33.2 Å². The Morgan fingerprint density at radius 2 is 1.79 bits per heavy atom. The summed E-state index contributed by atoms with van der Waals surface area (Å²) in [6.07, 6.45) is -1.96. The Labute approximate surface area is 83.9 Å². The van der Waals surface area contributed by atoms with Gasteiger partial charge in [0.1, 0.15) is 12.5 Å². The van der Waals surface area contributed by atoms with E-state index in [4.69, 9.17) is 4.62 Å². The third-order valence-electron chi connectivity index (χ3n) is 1.62. The Morgan fingerprint density at radius 3 is 2.00 bits per heavy atom. The first-order chi connectivity index (χ1) is 6.36. The maximum absolute atomic E-state index is 11.7. The topological polar surface area (TPSA) is 79.2 Å². The van der Waals surface area contributed by atoms with E-state index in [2.05, 4.69) is 4.52 Å². The van der Waals surface area contributed by atoms with Crippen LogP contribution < -0.4 is 0 Å². The average Bonchev–Trinajstić information content (AvgIpc) is 2.13. The van der Waals surface area contributed by atoms with Gasteiger partial charge in [-0.3, -0.25) is 4.57 Å². The van der Waals surface area contributed by atoms with Crippen molar-refractivity contribution in [3.8, 4) is 0 Å². The van der Waals surface area contributed by atoms with Crippen LogP contribution in [-0.4, -0.2) is 41.0 Å². The molecule has 3 unspecified atom stereocenters. The van der Waals surface area contributed by atoms with E-state index in [0.29, 0.717) is 0 Å². The van der Waals surface area contributed by atoms with Crippen molar-refractivity contribution in [1.82, 2.24) is 5.06 Å². The molecule has 0 fully saturated rings. The standard InChI is InChI=1S/C7H18NO5P/c1-5-14(11,12-4)13-8(6(2)9)7(3)10/h6-7,9-10H,5H2,1-4H3. The van der Waals surface area contributed by atoms with Crippen LogP contribution in [0.2, 0.25) is 0 Å². The minimum Gasteiger partial charge on any atom is -0.376 e. The van der Waals surface area contributed by atoms with Crippen LogP contribution >= 0.6 is 7.60 Å². The Bertz CT molecular complexity index is 192. The molecule has 0 heterocycles. The molecule has 7 heteroatoms. The lowest BCUT2D eigenvalue weighted by Crippen LogP contribution is -2.39. The summed E-state index contributed by atoms with van der Waals surface area (Å²) in [6.45, 7) is 4.41. The Kier molecular flexibility index (Phi) is 5.81. The predicted octanol–water partition coefficient (Wildman–Crippen LogP) is 0.756. The summed E-state index contributed by atoms with van der Waals surface area (Å²) in [5, 5.41) is 19.2. The van der Waals surface area contributed by atoms with Crippen LogP contribution in [0.5, 0.6) is 0 Å². The minimum atomic E-state index is -3.24. The molecule has 0 radical (unpaired) electrons. The van der Waals surface area contributed by atoms with Crippen molar-refractivity contribution in [2.75, 3.05) is 13.3 Å². The van der Waals surface area contributed by atoms with Crippen LogP contribution in [0.25, 0.3) is 0 Å². The van der Waals surface area contributed by atoms with E-state index in [1.807, 2.05) is 0 Å². The van der Waals surface area contributed by atoms with Gasteiger partial charge in [-0.25, -0.2) is 4.62 Å². The number of rotatable bonds is 6. The molecule has 6 nitrogen and oxygen atoms in total. The number of hydrogen-bond acceptors (Lipinski definition) is 6. The van der Waals surface area contributed by atoms with Crippen LogP contribution in [0.3, 0.4) is 0 Å². The van der Waals surface area contributed by atoms with Crippen LogP contribution in [0.15, 0.2) is 0 Å². The highest BCUT2D eigenvalue weighted by Crippen LogP contribution is 2.48. The summed E-state index contributed by atoms with van der Waals surface area (Å²) >= 11 is 0. The zero-order valence-corrected chi connectivity index (χ0v) is 9.77. The summed E-state index contributed by atoms with van der Waals surface area (Å²) < 4.78 is 21.3. The summed E-state index contributed by atoms with van der Waals surface area (Å²) in [4.78, 5) is 0. The highest BCUT2D eigenvalue weighted by Gasteiger charge is 2.29. The zero-order chi connectivity index (χ0) is 11.4. The molecular formula is C7H18NO5P. The molecule has 0 aromatic rings. The number of hydroxylamine groups is 2. The van der Waals surface area contributed by atoms with Gasteiger partial charge in [-0.05, 0) is 13.8 Å². The average molecular weight is 227 g/mol. The fourth-order valence-corrected chi connectivity index (χ4v) is 1.81. The lowest BCUT2D eigenvalue weighted by molar-refractivity contribution is -0.240. The van der Waals surface area contributed by atoms with Gasteiger partial charge in [0.2, 0.25) is 0 Å². The van der Waals surface area contributed by atoms with Crippen LogP contribution in [0.4, 0.5) is 0 Å². The van der Waals surface area contributed by atoms with E-state index < -0.39 is 20.1 Å². The van der Waals surface area contributed by atoms with E-state index in [1.165, 1.54) is 21.0 Å². The zero-order valence-electron chi connectivity index (χ0n) is 8.88. The first-order valence-corrected chi connectivity index (χ1v) is 6.08. The van der Waals surface area contributed by atoms with Crippen LogP contribution in [-0.2, 0) is 13.7 Å².